The summed E-state index contributed by atoms with van der Waals surface area (Å²) in [5, 5.41) is 9.39. The lowest BCUT2D eigenvalue weighted by molar-refractivity contribution is -0.137. The summed E-state index contributed by atoms with van der Waals surface area (Å²) in [5.41, 5.74) is 7.25. The number of halogens is 1. The number of benzene rings is 2. The highest BCUT2D eigenvalue weighted by molar-refractivity contribution is 6.32. The number of nitrogens with zero attached hydrogens (tertiary/aromatic N) is 2. The molecular weight excluding hydrogens is 418 g/mol. The molecule has 2 aliphatic rings. The number of hydrogen-bond donors (Lipinski definition) is 2. The van der Waals surface area contributed by atoms with Crippen LogP contribution >= 0.6 is 11.6 Å². The standard InChI is InChI=1S/C23H26ClN3O4/c1-14(2)30-20-9-8-15(11-19(20)24)23-25-22(26-31-23)17-6-3-5-16-12-27(13-18(16)17)10-4-7-21(28)29/h3,5-6,8-9,11,14,23H,4,7,10,12-13H2,1-2H3,(H,25,26)(H,28,29). The van der Waals surface area contributed by atoms with Crippen molar-refractivity contribution in [1.82, 2.24) is 10.4 Å². The molecule has 2 N–H and O–H groups in total. The average molecular weight is 444 g/mol. The van der Waals surface area contributed by atoms with Gasteiger partial charge in [0, 0.05) is 30.6 Å². The van der Waals surface area contributed by atoms with Crippen LogP contribution in [-0.2, 0) is 22.7 Å². The van der Waals surface area contributed by atoms with E-state index in [4.69, 9.17) is 31.3 Å². The molecule has 31 heavy (non-hydrogen) atoms. The molecule has 2 heterocycles. The molecule has 0 saturated heterocycles. The topological polar surface area (TPSA) is 83.4 Å². The Hall–Kier alpha value is -2.61. The molecule has 0 fully saturated rings. The first-order valence-corrected chi connectivity index (χ1v) is 10.8. The van der Waals surface area contributed by atoms with Gasteiger partial charge in [0.25, 0.3) is 0 Å². The van der Waals surface area contributed by atoms with Crippen molar-refractivity contribution in [3.63, 3.8) is 0 Å². The molecule has 4 rings (SSSR count). The number of aliphatic carboxylic acids is 1. The average Bonchev–Trinajstić information content (AvgIpc) is 3.35. The molecule has 0 aromatic heterocycles. The van der Waals surface area contributed by atoms with Crippen molar-refractivity contribution in [1.29, 1.82) is 0 Å². The van der Waals surface area contributed by atoms with E-state index >= 15 is 0 Å². The van der Waals surface area contributed by atoms with Crippen molar-refractivity contribution < 1.29 is 19.5 Å². The Morgan fingerprint density at radius 2 is 2.19 bits per heavy atom. The van der Waals surface area contributed by atoms with Gasteiger partial charge in [0.15, 0.2) is 5.84 Å². The SMILES string of the molecule is CC(C)Oc1ccc(C2N=C(c3cccc4c3CN(CCCC(=O)O)C4)NO2)cc1Cl. The van der Waals surface area contributed by atoms with Crippen molar-refractivity contribution in [3.05, 3.63) is 63.7 Å². The second-order valence-electron chi connectivity index (χ2n) is 8.06. The molecule has 2 aromatic carbocycles. The molecule has 0 radical (unpaired) electrons. The minimum atomic E-state index is -0.756. The molecule has 0 spiro atoms. The largest absolute Gasteiger partial charge is 0.489 e. The summed E-state index contributed by atoms with van der Waals surface area (Å²) in [6.07, 6.45) is 0.374. The zero-order chi connectivity index (χ0) is 22.0. The van der Waals surface area contributed by atoms with E-state index in [-0.39, 0.29) is 12.5 Å². The number of aliphatic imine (C=N–C) groups is 1. The van der Waals surface area contributed by atoms with Crippen LogP contribution in [-0.4, -0.2) is 34.5 Å². The molecule has 0 aliphatic carbocycles. The number of rotatable bonds is 8. The summed E-state index contributed by atoms with van der Waals surface area (Å²) < 4.78 is 5.69. The molecule has 0 saturated carbocycles. The van der Waals surface area contributed by atoms with E-state index in [0.717, 1.165) is 30.8 Å². The molecule has 0 bridgehead atoms. The first-order valence-electron chi connectivity index (χ1n) is 10.4. The number of fused-ring (bicyclic) bond motifs is 1. The number of ether oxygens (including phenoxy) is 1. The van der Waals surface area contributed by atoms with Gasteiger partial charge >= 0.3 is 5.97 Å². The second kappa shape index (κ2) is 9.26. The Balaban J connectivity index is 1.49. The predicted octanol–water partition coefficient (Wildman–Crippen LogP) is 4.29. The third-order valence-electron chi connectivity index (χ3n) is 5.29. The van der Waals surface area contributed by atoms with Crippen LogP contribution in [0.15, 0.2) is 41.4 Å². The van der Waals surface area contributed by atoms with E-state index in [2.05, 4.69) is 16.4 Å². The highest BCUT2D eigenvalue weighted by atomic mass is 35.5. The quantitative estimate of drug-likeness (QED) is 0.633. The summed E-state index contributed by atoms with van der Waals surface area (Å²) >= 11 is 6.37. The minimum Gasteiger partial charge on any atom is -0.489 e. The lowest BCUT2D eigenvalue weighted by atomic mass is 10.0. The number of amidine groups is 1. The van der Waals surface area contributed by atoms with Gasteiger partial charge in [0.05, 0.1) is 11.1 Å². The highest BCUT2D eigenvalue weighted by Gasteiger charge is 2.27. The molecule has 8 heteroatoms. The molecule has 7 nitrogen and oxygen atoms in total. The van der Waals surface area contributed by atoms with Crippen LogP contribution < -0.4 is 10.2 Å². The third kappa shape index (κ3) is 5.01. The van der Waals surface area contributed by atoms with E-state index < -0.39 is 12.2 Å². The van der Waals surface area contributed by atoms with Gasteiger partial charge in [0.2, 0.25) is 6.23 Å². The number of carbonyl (C=O) groups is 1. The first-order chi connectivity index (χ1) is 14.9. The van der Waals surface area contributed by atoms with Crippen LogP contribution in [0.3, 0.4) is 0 Å². The number of hydrogen-bond acceptors (Lipinski definition) is 6. The van der Waals surface area contributed by atoms with Gasteiger partial charge in [-0.15, -0.1) is 0 Å². The monoisotopic (exact) mass is 443 g/mol. The van der Waals surface area contributed by atoms with Crippen LogP contribution in [0.2, 0.25) is 5.02 Å². The normalized spacial score (nSPS) is 18.1. The Morgan fingerprint density at radius 3 is 2.94 bits per heavy atom. The number of nitrogens with one attached hydrogen (secondary N) is 1. The fourth-order valence-corrected chi connectivity index (χ4v) is 4.13. The lowest BCUT2D eigenvalue weighted by Crippen LogP contribution is -2.21. The van der Waals surface area contributed by atoms with Crippen LogP contribution in [0.4, 0.5) is 0 Å². The highest BCUT2D eigenvalue weighted by Crippen LogP contribution is 2.33. The van der Waals surface area contributed by atoms with Crippen LogP contribution in [0.1, 0.15) is 55.2 Å². The van der Waals surface area contributed by atoms with Gasteiger partial charge in [-0.1, -0.05) is 35.9 Å². The van der Waals surface area contributed by atoms with E-state index in [0.29, 0.717) is 23.0 Å². The van der Waals surface area contributed by atoms with Gasteiger partial charge in [0.1, 0.15) is 5.75 Å². The molecule has 164 valence electrons. The maximum atomic E-state index is 10.8. The van der Waals surface area contributed by atoms with Gasteiger partial charge in [-0.3, -0.25) is 9.69 Å². The summed E-state index contributed by atoms with van der Waals surface area (Å²) in [6, 6.07) is 11.7. The smallest absolute Gasteiger partial charge is 0.303 e. The molecule has 2 aromatic rings. The number of carboxylic acid groups (broad SMARTS) is 1. The van der Waals surface area contributed by atoms with Crippen molar-refractivity contribution in [2.45, 2.75) is 52.1 Å². The Labute approximate surface area is 186 Å². The summed E-state index contributed by atoms with van der Waals surface area (Å²) in [7, 11) is 0. The van der Waals surface area contributed by atoms with Crippen LogP contribution in [0.25, 0.3) is 0 Å². The van der Waals surface area contributed by atoms with E-state index in [1.807, 2.05) is 44.2 Å². The number of hydroxylamine groups is 1. The molecular formula is C23H26ClN3O4. The summed E-state index contributed by atoms with van der Waals surface area (Å²) in [6.45, 7) is 6.24. The zero-order valence-electron chi connectivity index (χ0n) is 17.6. The Kier molecular flexibility index (Phi) is 6.46. The van der Waals surface area contributed by atoms with Crippen LogP contribution in [0.5, 0.6) is 5.75 Å². The van der Waals surface area contributed by atoms with Crippen LogP contribution in [0, 0.1) is 0 Å². The van der Waals surface area contributed by atoms with Crippen molar-refractivity contribution in [3.8, 4) is 5.75 Å². The van der Waals surface area contributed by atoms with E-state index in [1.165, 1.54) is 11.1 Å². The van der Waals surface area contributed by atoms with Gasteiger partial charge < -0.3 is 9.84 Å². The fraction of sp³-hybridized carbons (Fsp3) is 0.391. The zero-order valence-corrected chi connectivity index (χ0v) is 18.4. The lowest BCUT2D eigenvalue weighted by Gasteiger charge is -2.13. The summed E-state index contributed by atoms with van der Waals surface area (Å²) in [5.74, 6) is 0.571. The predicted molar refractivity (Wildman–Crippen MR) is 118 cm³/mol. The molecule has 1 unspecified atom stereocenters. The van der Waals surface area contributed by atoms with E-state index in [1.54, 1.807) is 0 Å². The third-order valence-corrected chi connectivity index (χ3v) is 5.58. The van der Waals surface area contributed by atoms with Gasteiger partial charge in [-0.05, 0) is 50.1 Å². The Bertz CT molecular complexity index is 1010. The molecule has 1 atom stereocenters. The number of carboxylic acids is 1. The van der Waals surface area contributed by atoms with Gasteiger partial charge in [-0.2, -0.15) is 0 Å². The maximum Gasteiger partial charge on any atom is 0.303 e. The van der Waals surface area contributed by atoms with Gasteiger partial charge in [-0.25, -0.2) is 15.3 Å². The minimum absolute atomic E-state index is 0.0428. The maximum absolute atomic E-state index is 10.8. The van der Waals surface area contributed by atoms with Crippen molar-refractivity contribution in [2.75, 3.05) is 6.54 Å². The fourth-order valence-electron chi connectivity index (χ4n) is 3.89. The second-order valence-corrected chi connectivity index (χ2v) is 8.46. The van der Waals surface area contributed by atoms with E-state index in [9.17, 15) is 4.79 Å². The molecule has 2 aliphatic heterocycles. The van der Waals surface area contributed by atoms with Crippen molar-refractivity contribution >= 4 is 23.4 Å². The first kappa shape index (κ1) is 21.6. The Morgan fingerprint density at radius 1 is 1.35 bits per heavy atom. The molecule has 0 amide bonds. The van der Waals surface area contributed by atoms with Crippen molar-refractivity contribution in [2.24, 2.45) is 4.99 Å². The summed E-state index contributed by atoms with van der Waals surface area (Å²) in [4.78, 5) is 23.5.